The number of allylic oxidation sites excluding steroid dienone is 2. The molecule has 4 nitrogen and oxygen atoms in total. The number of thioether (sulfide) groups is 2. The van der Waals surface area contributed by atoms with Gasteiger partial charge in [-0.3, -0.25) is 9.59 Å². The average Bonchev–Trinajstić information content (AvgIpc) is 2.71. The van der Waals surface area contributed by atoms with Crippen molar-refractivity contribution in [1.29, 1.82) is 0 Å². The summed E-state index contributed by atoms with van der Waals surface area (Å²) < 4.78 is 1.89. The first kappa shape index (κ1) is 19.6. The van der Waals surface area contributed by atoms with E-state index < -0.39 is 0 Å². The number of carbonyl (C=O) groups excluding carboxylic acids is 2. The molecule has 0 bridgehead atoms. The summed E-state index contributed by atoms with van der Waals surface area (Å²) in [5, 5.41) is 7.56. The topological polar surface area (TPSA) is 59.9 Å². The van der Waals surface area contributed by atoms with E-state index in [2.05, 4.69) is 42.1 Å². The van der Waals surface area contributed by atoms with E-state index in [-0.39, 0.29) is 11.6 Å². The van der Waals surface area contributed by atoms with E-state index in [0.29, 0.717) is 20.9 Å². The highest BCUT2D eigenvalue weighted by atomic mass is 79.9. The average molecular weight is 534 g/mol. The van der Waals surface area contributed by atoms with Gasteiger partial charge in [0.05, 0.1) is 33.3 Å². The summed E-state index contributed by atoms with van der Waals surface area (Å²) in [5.41, 5.74) is 0.583. The molecule has 1 aromatic heterocycles. The molecular formula is C20H10Br2N2O2S2. The number of fused-ring (bicyclic) bond motifs is 1. The number of hydrogen-bond donors (Lipinski definition) is 0. The third-order valence-electron chi connectivity index (χ3n) is 3.91. The number of halogens is 2. The number of nitrogens with zero attached hydrogens (tertiary/aromatic N) is 2. The van der Waals surface area contributed by atoms with Crippen molar-refractivity contribution in [1.82, 2.24) is 10.2 Å². The first-order valence-electron chi connectivity index (χ1n) is 8.04. The monoisotopic (exact) mass is 532 g/mol. The molecule has 0 amide bonds. The van der Waals surface area contributed by atoms with Crippen molar-refractivity contribution in [2.45, 2.75) is 9.79 Å². The van der Waals surface area contributed by atoms with Crippen LogP contribution in [0, 0.1) is 0 Å². The maximum atomic E-state index is 13.2. The number of hydrogen-bond acceptors (Lipinski definition) is 6. The molecule has 0 atom stereocenters. The lowest BCUT2D eigenvalue weighted by Gasteiger charge is -2.19. The number of aromatic nitrogens is 2. The Morgan fingerprint density at radius 3 is 1.32 bits per heavy atom. The van der Waals surface area contributed by atoms with E-state index in [0.717, 1.165) is 18.7 Å². The lowest BCUT2D eigenvalue weighted by atomic mass is 9.98. The Balaban J connectivity index is 1.80. The van der Waals surface area contributed by atoms with Crippen molar-refractivity contribution in [2.75, 3.05) is 0 Å². The largest absolute Gasteiger partial charge is 0.288 e. The van der Waals surface area contributed by atoms with Crippen molar-refractivity contribution in [2.24, 2.45) is 0 Å². The van der Waals surface area contributed by atoms with Gasteiger partial charge in [0.25, 0.3) is 0 Å². The predicted octanol–water partition coefficient (Wildman–Crippen LogP) is 6.18. The van der Waals surface area contributed by atoms with Crippen LogP contribution in [0.3, 0.4) is 0 Å². The molecule has 8 heteroatoms. The quantitative estimate of drug-likeness (QED) is 0.399. The Morgan fingerprint density at radius 2 is 0.964 bits per heavy atom. The highest BCUT2D eigenvalue weighted by molar-refractivity contribution is 9.10. The molecule has 3 aromatic rings. The molecule has 0 spiro atoms. The molecule has 1 heterocycles. The smallest absolute Gasteiger partial charge is 0.203 e. The first-order valence-corrected chi connectivity index (χ1v) is 11.3. The number of carbonyl (C=O) groups is 2. The predicted molar refractivity (Wildman–Crippen MR) is 118 cm³/mol. The SMILES string of the molecule is O=C1C(Sc2ccc(Br)cc2)=C(Sc2ccc(Br)cc2)C(=O)c2cnncc21. The van der Waals surface area contributed by atoms with Crippen LogP contribution in [0.2, 0.25) is 0 Å². The lowest BCUT2D eigenvalue weighted by molar-refractivity contribution is 0.0987. The van der Waals surface area contributed by atoms with Crippen LogP contribution in [0.1, 0.15) is 20.7 Å². The summed E-state index contributed by atoms with van der Waals surface area (Å²) >= 11 is 9.40. The number of benzene rings is 2. The van der Waals surface area contributed by atoms with Crippen LogP contribution in [-0.4, -0.2) is 21.8 Å². The van der Waals surface area contributed by atoms with Crippen molar-refractivity contribution < 1.29 is 9.59 Å². The van der Waals surface area contributed by atoms with Crippen molar-refractivity contribution in [3.05, 3.63) is 90.8 Å². The van der Waals surface area contributed by atoms with Crippen LogP contribution < -0.4 is 0 Å². The fourth-order valence-corrected chi connectivity index (χ4v) is 5.13. The second kappa shape index (κ2) is 8.32. The van der Waals surface area contributed by atoms with Gasteiger partial charge in [-0.15, -0.1) is 0 Å². The van der Waals surface area contributed by atoms with Gasteiger partial charge < -0.3 is 0 Å². The van der Waals surface area contributed by atoms with Crippen LogP contribution in [0.5, 0.6) is 0 Å². The van der Waals surface area contributed by atoms with Gasteiger partial charge in [0.1, 0.15) is 0 Å². The van der Waals surface area contributed by atoms with E-state index in [9.17, 15) is 9.59 Å². The van der Waals surface area contributed by atoms with E-state index in [1.165, 1.54) is 35.9 Å². The Hall–Kier alpha value is -1.74. The van der Waals surface area contributed by atoms with Gasteiger partial charge in [-0.25, -0.2) is 0 Å². The zero-order valence-electron chi connectivity index (χ0n) is 14.1. The Labute approximate surface area is 186 Å². The van der Waals surface area contributed by atoms with Crippen LogP contribution in [0.4, 0.5) is 0 Å². The third kappa shape index (κ3) is 4.00. The zero-order chi connectivity index (χ0) is 19.7. The molecule has 0 N–H and O–H groups in total. The summed E-state index contributed by atoms with van der Waals surface area (Å²) in [6.45, 7) is 0. The summed E-state index contributed by atoms with van der Waals surface area (Å²) in [7, 11) is 0. The van der Waals surface area contributed by atoms with E-state index in [1.807, 2.05) is 48.5 Å². The van der Waals surface area contributed by atoms with Gasteiger partial charge in [0.15, 0.2) is 0 Å². The minimum atomic E-state index is -0.211. The van der Waals surface area contributed by atoms with Gasteiger partial charge >= 0.3 is 0 Å². The van der Waals surface area contributed by atoms with E-state index >= 15 is 0 Å². The third-order valence-corrected chi connectivity index (χ3v) is 7.30. The molecule has 0 fully saturated rings. The van der Waals surface area contributed by atoms with Crippen LogP contribution >= 0.6 is 55.4 Å². The molecule has 1 aliphatic carbocycles. The number of rotatable bonds is 4. The highest BCUT2D eigenvalue weighted by Gasteiger charge is 2.34. The molecule has 0 unspecified atom stereocenters. The van der Waals surface area contributed by atoms with Crippen molar-refractivity contribution in [3.8, 4) is 0 Å². The fourth-order valence-electron chi connectivity index (χ4n) is 2.56. The summed E-state index contributed by atoms with van der Waals surface area (Å²) in [6, 6.07) is 15.2. The standard InChI is InChI=1S/C20H10Br2N2O2S2/c21-11-1-5-13(6-2-11)27-19-17(25)15-9-23-24-10-16(15)18(26)20(19)28-14-7-3-12(22)4-8-14/h1-10H. The van der Waals surface area contributed by atoms with Crippen LogP contribution in [0.15, 0.2) is 89.5 Å². The highest BCUT2D eigenvalue weighted by Crippen LogP contribution is 2.43. The molecule has 2 aromatic carbocycles. The first-order chi connectivity index (χ1) is 13.5. The molecule has 138 valence electrons. The van der Waals surface area contributed by atoms with Gasteiger partial charge in [0, 0.05) is 18.7 Å². The molecule has 1 aliphatic rings. The lowest BCUT2D eigenvalue weighted by Crippen LogP contribution is -2.20. The summed E-state index contributed by atoms with van der Waals surface area (Å²) in [6.07, 6.45) is 2.72. The summed E-state index contributed by atoms with van der Waals surface area (Å²) in [4.78, 5) is 28.9. The van der Waals surface area contributed by atoms with Crippen molar-refractivity contribution in [3.63, 3.8) is 0 Å². The Bertz CT molecular complexity index is 1030. The second-order valence-corrected chi connectivity index (χ2v) is 9.74. The molecule has 0 aliphatic heterocycles. The normalized spacial score (nSPS) is 13.6. The number of Topliss-reactive ketones (excluding diaryl/α,β-unsaturated/α-hetero) is 2. The molecule has 0 radical (unpaired) electrons. The fraction of sp³-hybridized carbons (Fsp3) is 0. The number of ketones is 2. The van der Waals surface area contributed by atoms with Crippen molar-refractivity contribution >= 4 is 67.0 Å². The molecule has 28 heavy (non-hydrogen) atoms. The molecule has 0 saturated carbocycles. The molecule has 0 saturated heterocycles. The van der Waals surface area contributed by atoms with Gasteiger partial charge in [-0.1, -0.05) is 55.4 Å². The summed E-state index contributed by atoms with van der Waals surface area (Å²) in [5.74, 6) is -0.422. The minimum absolute atomic E-state index is 0.211. The van der Waals surface area contributed by atoms with Gasteiger partial charge in [-0.05, 0) is 48.5 Å². The molecular weight excluding hydrogens is 524 g/mol. The van der Waals surface area contributed by atoms with E-state index in [1.54, 1.807) is 0 Å². The minimum Gasteiger partial charge on any atom is -0.288 e. The Morgan fingerprint density at radius 1 is 0.607 bits per heavy atom. The van der Waals surface area contributed by atoms with Crippen LogP contribution in [-0.2, 0) is 0 Å². The maximum Gasteiger partial charge on any atom is 0.203 e. The maximum absolute atomic E-state index is 13.2. The second-order valence-electron chi connectivity index (χ2n) is 5.74. The van der Waals surface area contributed by atoms with E-state index in [4.69, 9.17) is 0 Å². The van der Waals surface area contributed by atoms with Crippen LogP contribution in [0.25, 0.3) is 0 Å². The van der Waals surface area contributed by atoms with Gasteiger partial charge in [-0.2, -0.15) is 10.2 Å². The van der Waals surface area contributed by atoms with Gasteiger partial charge in [0.2, 0.25) is 11.6 Å². The molecule has 4 rings (SSSR count). The zero-order valence-corrected chi connectivity index (χ0v) is 18.9. The Kier molecular flexibility index (Phi) is 5.82.